The molecule has 1 heterocycles. The van der Waals surface area contributed by atoms with Crippen LogP contribution < -0.4 is 4.74 Å². The number of rotatable bonds is 3. The number of aliphatic hydroxyl groups excluding tert-OH is 1. The summed E-state index contributed by atoms with van der Waals surface area (Å²) in [5.74, 6) is -1.71. The number of aryl methyl sites for hydroxylation is 1. The van der Waals surface area contributed by atoms with Gasteiger partial charge in [0, 0.05) is 0 Å². The standard InChI is InChI=1S/C12H14O6S/c1-7-3-2-4-8(12(14)15)11(7)18-10-6-19(16,17)5-9(10)13/h2-4,9-10,13H,5-6H2,1H3,(H,14,15). The van der Waals surface area contributed by atoms with Gasteiger partial charge in [-0.25, -0.2) is 13.2 Å². The number of para-hydroxylation sites is 1. The zero-order chi connectivity index (χ0) is 14.2. The highest BCUT2D eigenvalue weighted by Crippen LogP contribution is 2.27. The summed E-state index contributed by atoms with van der Waals surface area (Å²) in [4.78, 5) is 11.1. The fourth-order valence-electron chi connectivity index (χ4n) is 2.04. The van der Waals surface area contributed by atoms with Crippen LogP contribution >= 0.6 is 0 Å². The van der Waals surface area contributed by atoms with Crippen LogP contribution in [-0.4, -0.2) is 48.3 Å². The van der Waals surface area contributed by atoms with Gasteiger partial charge in [-0.05, 0) is 18.6 Å². The summed E-state index contributed by atoms with van der Waals surface area (Å²) >= 11 is 0. The minimum absolute atomic E-state index is 0.0449. The highest BCUT2D eigenvalue weighted by molar-refractivity contribution is 7.91. The lowest BCUT2D eigenvalue weighted by Crippen LogP contribution is -2.30. The van der Waals surface area contributed by atoms with Crippen LogP contribution in [0.4, 0.5) is 0 Å². The zero-order valence-corrected chi connectivity index (χ0v) is 11.1. The van der Waals surface area contributed by atoms with Gasteiger partial charge in [-0.1, -0.05) is 12.1 Å². The van der Waals surface area contributed by atoms with E-state index < -0.39 is 28.0 Å². The Bertz CT molecular complexity index is 607. The number of aliphatic hydroxyl groups is 1. The number of ether oxygens (including phenoxy) is 1. The van der Waals surface area contributed by atoms with E-state index in [1.807, 2.05) is 0 Å². The van der Waals surface area contributed by atoms with E-state index in [9.17, 15) is 18.3 Å². The lowest BCUT2D eigenvalue weighted by Gasteiger charge is -2.18. The first-order valence-electron chi connectivity index (χ1n) is 5.68. The predicted molar refractivity (Wildman–Crippen MR) is 67.2 cm³/mol. The maximum Gasteiger partial charge on any atom is 0.339 e. The Balaban J connectivity index is 2.32. The zero-order valence-electron chi connectivity index (χ0n) is 10.2. The fourth-order valence-corrected chi connectivity index (χ4v) is 3.70. The third-order valence-electron chi connectivity index (χ3n) is 2.98. The van der Waals surface area contributed by atoms with Gasteiger partial charge in [0.25, 0.3) is 0 Å². The molecule has 1 aliphatic heterocycles. The minimum Gasteiger partial charge on any atom is -0.485 e. The van der Waals surface area contributed by atoms with Crippen LogP contribution in [-0.2, 0) is 9.84 Å². The van der Waals surface area contributed by atoms with Crippen LogP contribution in [0.15, 0.2) is 18.2 Å². The van der Waals surface area contributed by atoms with Crippen LogP contribution in [0.3, 0.4) is 0 Å². The topological polar surface area (TPSA) is 101 Å². The van der Waals surface area contributed by atoms with E-state index in [2.05, 4.69) is 0 Å². The molecule has 104 valence electrons. The molecule has 1 fully saturated rings. The first kappa shape index (κ1) is 13.8. The van der Waals surface area contributed by atoms with Crippen LogP contribution in [0.25, 0.3) is 0 Å². The monoisotopic (exact) mass is 286 g/mol. The molecule has 0 bridgehead atoms. The van der Waals surface area contributed by atoms with Gasteiger partial charge in [-0.2, -0.15) is 0 Å². The molecule has 7 heteroatoms. The Kier molecular flexibility index (Phi) is 3.51. The van der Waals surface area contributed by atoms with Gasteiger partial charge in [-0.3, -0.25) is 0 Å². The van der Waals surface area contributed by atoms with Crippen LogP contribution in [0.1, 0.15) is 15.9 Å². The number of carboxylic acids is 1. The van der Waals surface area contributed by atoms with E-state index in [0.29, 0.717) is 5.56 Å². The van der Waals surface area contributed by atoms with Crippen LogP contribution in [0, 0.1) is 6.92 Å². The number of hydrogen-bond donors (Lipinski definition) is 2. The summed E-state index contributed by atoms with van der Waals surface area (Å²) in [6.45, 7) is 1.66. The van der Waals surface area contributed by atoms with Crippen molar-refractivity contribution in [2.24, 2.45) is 0 Å². The fraction of sp³-hybridized carbons (Fsp3) is 0.417. The lowest BCUT2D eigenvalue weighted by molar-refractivity contribution is 0.0633. The molecular formula is C12H14O6S. The average Bonchev–Trinajstić information content (AvgIpc) is 2.54. The van der Waals surface area contributed by atoms with Crippen molar-refractivity contribution in [3.8, 4) is 5.75 Å². The van der Waals surface area contributed by atoms with Crippen molar-refractivity contribution in [2.45, 2.75) is 19.1 Å². The largest absolute Gasteiger partial charge is 0.485 e. The molecule has 0 saturated carbocycles. The van der Waals surface area contributed by atoms with E-state index in [-0.39, 0.29) is 22.8 Å². The third kappa shape index (κ3) is 2.87. The molecule has 0 aliphatic carbocycles. The molecule has 2 rings (SSSR count). The van der Waals surface area contributed by atoms with Crippen molar-refractivity contribution in [1.82, 2.24) is 0 Å². The SMILES string of the molecule is Cc1cccc(C(=O)O)c1OC1CS(=O)(=O)CC1O. The highest BCUT2D eigenvalue weighted by atomic mass is 32.2. The maximum absolute atomic E-state index is 11.4. The van der Waals surface area contributed by atoms with Crippen molar-refractivity contribution in [1.29, 1.82) is 0 Å². The van der Waals surface area contributed by atoms with E-state index in [1.54, 1.807) is 19.1 Å². The van der Waals surface area contributed by atoms with Crippen LogP contribution in [0.2, 0.25) is 0 Å². The number of hydrogen-bond acceptors (Lipinski definition) is 5. The molecule has 0 amide bonds. The Morgan fingerprint density at radius 3 is 2.58 bits per heavy atom. The molecule has 2 atom stereocenters. The Morgan fingerprint density at radius 1 is 1.37 bits per heavy atom. The molecule has 1 saturated heterocycles. The molecule has 0 aromatic heterocycles. The van der Waals surface area contributed by atoms with Gasteiger partial charge in [0.15, 0.2) is 9.84 Å². The molecule has 1 aromatic carbocycles. The summed E-state index contributed by atoms with van der Waals surface area (Å²) in [6.07, 6.45) is -2.06. The molecule has 2 unspecified atom stereocenters. The van der Waals surface area contributed by atoms with E-state index in [0.717, 1.165) is 0 Å². The summed E-state index contributed by atoms with van der Waals surface area (Å²) in [7, 11) is -3.33. The van der Waals surface area contributed by atoms with Crippen molar-refractivity contribution in [3.63, 3.8) is 0 Å². The number of carbonyl (C=O) groups is 1. The first-order chi connectivity index (χ1) is 8.80. The molecule has 19 heavy (non-hydrogen) atoms. The summed E-state index contributed by atoms with van der Waals surface area (Å²) in [6, 6.07) is 4.62. The van der Waals surface area contributed by atoms with Gasteiger partial charge in [0.1, 0.15) is 23.5 Å². The molecule has 1 aliphatic rings. The van der Waals surface area contributed by atoms with E-state index in [4.69, 9.17) is 9.84 Å². The Labute approximate surface area is 110 Å². The lowest BCUT2D eigenvalue weighted by atomic mass is 10.1. The van der Waals surface area contributed by atoms with Crippen molar-refractivity contribution in [3.05, 3.63) is 29.3 Å². The average molecular weight is 286 g/mol. The Hall–Kier alpha value is -1.60. The predicted octanol–water partition coefficient (Wildman–Crippen LogP) is 0.230. The van der Waals surface area contributed by atoms with E-state index in [1.165, 1.54) is 6.07 Å². The second-order valence-corrected chi connectivity index (χ2v) is 6.71. The normalized spacial score (nSPS) is 25.2. The summed E-state index contributed by atoms with van der Waals surface area (Å²) < 4.78 is 28.2. The maximum atomic E-state index is 11.4. The van der Waals surface area contributed by atoms with Crippen molar-refractivity contribution >= 4 is 15.8 Å². The molecule has 0 spiro atoms. The molecule has 0 radical (unpaired) electrons. The first-order valence-corrected chi connectivity index (χ1v) is 7.50. The van der Waals surface area contributed by atoms with Gasteiger partial charge < -0.3 is 14.9 Å². The van der Waals surface area contributed by atoms with Gasteiger partial charge in [0.2, 0.25) is 0 Å². The van der Waals surface area contributed by atoms with Crippen molar-refractivity contribution < 1.29 is 28.2 Å². The number of sulfone groups is 1. The number of aromatic carboxylic acids is 1. The quantitative estimate of drug-likeness (QED) is 0.825. The Morgan fingerprint density at radius 2 is 2.05 bits per heavy atom. The van der Waals surface area contributed by atoms with Gasteiger partial charge >= 0.3 is 5.97 Å². The van der Waals surface area contributed by atoms with E-state index >= 15 is 0 Å². The van der Waals surface area contributed by atoms with Gasteiger partial charge in [0.05, 0.1) is 11.5 Å². The number of benzene rings is 1. The van der Waals surface area contributed by atoms with Gasteiger partial charge in [-0.15, -0.1) is 0 Å². The van der Waals surface area contributed by atoms with Crippen LogP contribution in [0.5, 0.6) is 5.75 Å². The third-order valence-corrected chi connectivity index (χ3v) is 4.67. The highest BCUT2D eigenvalue weighted by Gasteiger charge is 2.38. The minimum atomic E-state index is -3.33. The van der Waals surface area contributed by atoms with Crippen molar-refractivity contribution in [2.75, 3.05) is 11.5 Å². The number of carboxylic acid groups (broad SMARTS) is 1. The molecule has 1 aromatic rings. The summed E-state index contributed by atoms with van der Waals surface area (Å²) in [5, 5.41) is 18.7. The second-order valence-electron chi connectivity index (χ2n) is 4.56. The molecular weight excluding hydrogens is 272 g/mol. The smallest absolute Gasteiger partial charge is 0.339 e. The molecule has 2 N–H and O–H groups in total. The second kappa shape index (κ2) is 4.82. The summed E-state index contributed by atoms with van der Waals surface area (Å²) in [5.41, 5.74) is 0.535. The molecule has 6 nitrogen and oxygen atoms in total.